The molecule has 8 rings (SSSR count). The monoisotopic (exact) mass is 645 g/mol. The van der Waals surface area contributed by atoms with Gasteiger partial charge in [0.1, 0.15) is 35.6 Å². The fourth-order valence-corrected chi connectivity index (χ4v) is 8.27. The van der Waals surface area contributed by atoms with Gasteiger partial charge in [0.15, 0.2) is 5.82 Å². The first kappa shape index (κ1) is 30.7. The standard InChI is InChI=1S/C36H41F2N5O4/c1-3-20-5-4-6-21-11-26(44)12-28(31(20)21)32-30(37)13-29-34(33(32)38)40-36(41-35(29)42-14-22-7-8-23(15-42)39-22)47-19-27(45-2)16-43-24-9-10-25(43)18-46-17-24/h4-6,11-13,22-25,27,39,44H,3,7-10,14-19H2,1-2H3. The number of aryl methyl sites for hydroxylation is 1. The Balaban J connectivity index is 1.21. The van der Waals surface area contributed by atoms with Crippen LogP contribution in [0.15, 0.2) is 36.4 Å². The summed E-state index contributed by atoms with van der Waals surface area (Å²) in [6, 6.07) is 11.4. The number of nitrogens with one attached hydrogen (secondary N) is 1. The highest BCUT2D eigenvalue weighted by atomic mass is 19.1. The van der Waals surface area contributed by atoms with E-state index in [4.69, 9.17) is 19.2 Å². The number of nitrogens with zero attached hydrogens (tertiary/aromatic N) is 4. The number of halogens is 2. The van der Waals surface area contributed by atoms with Crippen molar-refractivity contribution < 1.29 is 28.1 Å². The maximum absolute atomic E-state index is 16.9. The summed E-state index contributed by atoms with van der Waals surface area (Å²) in [7, 11) is 1.67. The number of fused-ring (bicyclic) bond motifs is 6. The number of benzene rings is 3. The van der Waals surface area contributed by atoms with Crippen molar-refractivity contribution >= 4 is 27.5 Å². The van der Waals surface area contributed by atoms with Crippen LogP contribution in [-0.2, 0) is 15.9 Å². The molecule has 4 aliphatic rings. The minimum absolute atomic E-state index is 0.0158. The summed E-state index contributed by atoms with van der Waals surface area (Å²) in [5.41, 5.74) is 0.974. The fourth-order valence-electron chi connectivity index (χ4n) is 8.27. The lowest BCUT2D eigenvalue weighted by Gasteiger charge is -2.36. The zero-order valence-electron chi connectivity index (χ0n) is 26.8. The third kappa shape index (κ3) is 5.56. The van der Waals surface area contributed by atoms with Gasteiger partial charge in [-0.15, -0.1) is 0 Å². The maximum atomic E-state index is 16.9. The van der Waals surface area contributed by atoms with Gasteiger partial charge in [0.2, 0.25) is 0 Å². The molecule has 4 saturated heterocycles. The smallest absolute Gasteiger partial charge is 0.319 e. The van der Waals surface area contributed by atoms with E-state index in [1.165, 1.54) is 12.1 Å². The number of hydrogen-bond donors (Lipinski definition) is 2. The van der Waals surface area contributed by atoms with Crippen LogP contribution in [0.4, 0.5) is 14.6 Å². The highest BCUT2D eigenvalue weighted by molar-refractivity contribution is 6.03. The van der Waals surface area contributed by atoms with Crippen LogP contribution >= 0.6 is 0 Å². The highest BCUT2D eigenvalue weighted by Crippen LogP contribution is 2.42. The van der Waals surface area contributed by atoms with Gasteiger partial charge < -0.3 is 29.5 Å². The minimum atomic E-state index is -0.808. The molecule has 4 aromatic rings. The summed E-state index contributed by atoms with van der Waals surface area (Å²) in [6.07, 6.45) is 4.71. The first-order valence-electron chi connectivity index (χ1n) is 16.8. The zero-order chi connectivity index (χ0) is 32.2. The average Bonchev–Trinajstić information content (AvgIpc) is 3.51. The Labute approximate surface area is 272 Å². The molecule has 3 aromatic carbocycles. The second-order valence-electron chi connectivity index (χ2n) is 13.5. The maximum Gasteiger partial charge on any atom is 0.319 e. The quantitative estimate of drug-likeness (QED) is 0.255. The molecule has 0 aliphatic carbocycles. The zero-order valence-corrected chi connectivity index (χ0v) is 26.8. The SMILES string of the molecule is CCc1cccc2cc(O)cc(-c3c(F)cc4c(N5CC6CCC(C5)N6)nc(OCC(CN5C6CCC5COC6)OC)nc4c3F)c12. The lowest BCUT2D eigenvalue weighted by molar-refractivity contribution is -0.0481. The molecule has 5 unspecified atom stereocenters. The number of ether oxygens (including phenoxy) is 3. The third-order valence-electron chi connectivity index (χ3n) is 10.6. The number of phenols is 1. The summed E-state index contributed by atoms with van der Waals surface area (Å²) in [6.45, 7) is 5.66. The number of piperazine rings is 1. The van der Waals surface area contributed by atoms with Crippen molar-refractivity contribution in [1.82, 2.24) is 20.2 Å². The molecule has 11 heteroatoms. The van der Waals surface area contributed by atoms with E-state index >= 15 is 8.78 Å². The Kier molecular flexibility index (Phi) is 8.11. The molecule has 4 bridgehead atoms. The summed E-state index contributed by atoms with van der Waals surface area (Å²) < 4.78 is 51.0. The van der Waals surface area contributed by atoms with Crippen molar-refractivity contribution in [2.45, 2.75) is 69.3 Å². The molecule has 9 nitrogen and oxygen atoms in total. The van der Waals surface area contributed by atoms with E-state index in [1.54, 1.807) is 13.2 Å². The molecule has 4 aliphatic heterocycles. The third-order valence-corrected chi connectivity index (χ3v) is 10.6. The second-order valence-corrected chi connectivity index (χ2v) is 13.5. The van der Waals surface area contributed by atoms with Crippen LogP contribution < -0.4 is 15.0 Å². The molecular formula is C36H41F2N5O4. The average molecular weight is 646 g/mol. The predicted octanol–water partition coefficient (Wildman–Crippen LogP) is 5.19. The normalized spacial score (nSPS) is 24.8. The molecule has 47 heavy (non-hydrogen) atoms. The number of phenolic OH excluding ortho intramolecular Hbond substituents is 1. The van der Waals surface area contributed by atoms with E-state index in [2.05, 4.69) is 20.1 Å². The summed E-state index contributed by atoms with van der Waals surface area (Å²) in [4.78, 5) is 13.9. The topological polar surface area (TPSA) is 92.2 Å². The highest BCUT2D eigenvalue weighted by Gasteiger charge is 2.39. The molecule has 2 N–H and O–H groups in total. The number of aromatic nitrogens is 2. The Morgan fingerprint density at radius 1 is 1.04 bits per heavy atom. The Bertz CT molecular complexity index is 1800. The predicted molar refractivity (Wildman–Crippen MR) is 176 cm³/mol. The molecule has 1 aromatic heterocycles. The number of morpholine rings is 1. The van der Waals surface area contributed by atoms with Crippen LogP contribution in [0, 0.1) is 11.6 Å². The minimum Gasteiger partial charge on any atom is -0.508 e. The Morgan fingerprint density at radius 2 is 1.81 bits per heavy atom. The molecule has 5 heterocycles. The van der Waals surface area contributed by atoms with Crippen LogP contribution in [0.25, 0.3) is 32.8 Å². The number of hydrogen-bond acceptors (Lipinski definition) is 9. The van der Waals surface area contributed by atoms with Crippen LogP contribution in [0.5, 0.6) is 11.8 Å². The van der Waals surface area contributed by atoms with E-state index in [1.807, 2.05) is 25.1 Å². The van der Waals surface area contributed by atoms with Crippen molar-refractivity contribution in [2.24, 2.45) is 0 Å². The number of anilines is 1. The first-order chi connectivity index (χ1) is 22.9. The molecule has 248 valence electrons. The fraction of sp³-hybridized carbons (Fsp3) is 0.500. The van der Waals surface area contributed by atoms with E-state index in [0.29, 0.717) is 60.1 Å². The molecular weight excluding hydrogens is 604 g/mol. The number of aromatic hydroxyl groups is 1. The Morgan fingerprint density at radius 3 is 2.53 bits per heavy atom. The van der Waals surface area contributed by atoms with E-state index in [-0.39, 0.29) is 53.2 Å². The van der Waals surface area contributed by atoms with Gasteiger partial charge in [0.25, 0.3) is 0 Å². The van der Waals surface area contributed by atoms with Gasteiger partial charge in [-0.1, -0.05) is 25.1 Å². The molecule has 0 radical (unpaired) electrons. The van der Waals surface area contributed by atoms with Crippen molar-refractivity contribution in [3.63, 3.8) is 0 Å². The molecule has 4 fully saturated rings. The number of methoxy groups -OCH3 is 1. The van der Waals surface area contributed by atoms with Gasteiger partial charge >= 0.3 is 6.01 Å². The molecule has 5 atom stereocenters. The van der Waals surface area contributed by atoms with Crippen molar-refractivity contribution in [1.29, 1.82) is 0 Å². The van der Waals surface area contributed by atoms with Crippen molar-refractivity contribution in [3.05, 3.63) is 53.6 Å². The summed E-state index contributed by atoms with van der Waals surface area (Å²) >= 11 is 0. The van der Waals surface area contributed by atoms with Gasteiger partial charge in [-0.3, -0.25) is 4.90 Å². The van der Waals surface area contributed by atoms with E-state index < -0.39 is 11.6 Å². The summed E-state index contributed by atoms with van der Waals surface area (Å²) in [5, 5.41) is 15.9. The lowest BCUT2D eigenvalue weighted by atomic mass is 9.92. The lowest BCUT2D eigenvalue weighted by Crippen LogP contribution is -2.51. The molecule has 0 spiro atoms. The van der Waals surface area contributed by atoms with Gasteiger partial charge in [-0.05, 0) is 72.2 Å². The van der Waals surface area contributed by atoms with E-state index in [9.17, 15) is 5.11 Å². The second kappa shape index (κ2) is 12.4. The van der Waals surface area contributed by atoms with Crippen molar-refractivity contribution in [2.75, 3.05) is 51.5 Å². The van der Waals surface area contributed by atoms with Gasteiger partial charge in [0.05, 0.1) is 18.8 Å². The first-order valence-corrected chi connectivity index (χ1v) is 16.8. The van der Waals surface area contributed by atoms with Gasteiger partial charge in [-0.2, -0.15) is 9.97 Å². The van der Waals surface area contributed by atoms with Gasteiger partial charge in [-0.25, -0.2) is 8.78 Å². The summed E-state index contributed by atoms with van der Waals surface area (Å²) in [5.74, 6) is -1.15. The van der Waals surface area contributed by atoms with E-state index in [0.717, 1.165) is 44.5 Å². The largest absolute Gasteiger partial charge is 0.508 e. The van der Waals surface area contributed by atoms with Gasteiger partial charge in [0, 0.05) is 56.3 Å². The van der Waals surface area contributed by atoms with Crippen LogP contribution in [-0.4, -0.2) is 96.8 Å². The van der Waals surface area contributed by atoms with Crippen LogP contribution in [0.1, 0.15) is 38.2 Å². The Hall–Kier alpha value is -3.64. The van der Waals surface area contributed by atoms with Crippen LogP contribution in [0.2, 0.25) is 0 Å². The van der Waals surface area contributed by atoms with Crippen LogP contribution in [0.3, 0.4) is 0 Å². The van der Waals surface area contributed by atoms with Crippen molar-refractivity contribution in [3.8, 4) is 22.9 Å². The molecule has 0 amide bonds. The number of rotatable bonds is 9. The molecule has 0 saturated carbocycles.